The third kappa shape index (κ3) is 2.96. The van der Waals surface area contributed by atoms with Crippen molar-refractivity contribution in [1.29, 1.82) is 0 Å². The van der Waals surface area contributed by atoms with Gasteiger partial charge in [-0.15, -0.1) is 0 Å². The van der Waals surface area contributed by atoms with Crippen LogP contribution in [0.15, 0.2) is 30.3 Å². The highest BCUT2D eigenvalue weighted by molar-refractivity contribution is 6.31. The zero-order valence-electron chi connectivity index (χ0n) is 12.0. The number of aliphatic hydroxyl groups excluding tert-OH is 1. The molecule has 1 unspecified atom stereocenters. The molecule has 2 aromatic carbocycles. The van der Waals surface area contributed by atoms with Crippen LogP contribution in [-0.4, -0.2) is 19.3 Å². The van der Waals surface area contributed by atoms with E-state index in [0.717, 1.165) is 5.56 Å². The smallest absolute Gasteiger partial charge is 0.161 e. The van der Waals surface area contributed by atoms with E-state index in [1.165, 1.54) is 26.4 Å². The predicted molar refractivity (Wildman–Crippen MR) is 79.8 cm³/mol. The molecule has 0 heterocycles. The number of hydrogen-bond donors (Lipinski definition) is 1. The molecule has 0 aliphatic heterocycles. The topological polar surface area (TPSA) is 38.7 Å². The Morgan fingerprint density at radius 1 is 1.10 bits per heavy atom. The van der Waals surface area contributed by atoms with E-state index >= 15 is 0 Å². The number of methoxy groups -OCH3 is 2. The van der Waals surface area contributed by atoms with Crippen LogP contribution < -0.4 is 9.47 Å². The van der Waals surface area contributed by atoms with E-state index in [-0.39, 0.29) is 5.02 Å². The van der Waals surface area contributed by atoms with Gasteiger partial charge in [-0.25, -0.2) is 4.39 Å². The molecule has 1 N–H and O–H groups in total. The lowest BCUT2D eigenvalue weighted by Gasteiger charge is -2.18. The molecule has 0 saturated heterocycles. The van der Waals surface area contributed by atoms with Gasteiger partial charge in [-0.1, -0.05) is 23.7 Å². The zero-order valence-corrected chi connectivity index (χ0v) is 12.7. The van der Waals surface area contributed by atoms with E-state index in [2.05, 4.69) is 0 Å². The Kier molecular flexibility index (Phi) is 4.70. The van der Waals surface area contributed by atoms with E-state index in [0.29, 0.717) is 22.6 Å². The molecule has 2 rings (SSSR count). The molecular weight excluding hydrogens is 295 g/mol. The van der Waals surface area contributed by atoms with Gasteiger partial charge in [-0.05, 0) is 36.2 Å². The first-order valence-corrected chi connectivity index (χ1v) is 6.71. The Labute approximate surface area is 127 Å². The van der Waals surface area contributed by atoms with Crippen LogP contribution in [0.25, 0.3) is 0 Å². The van der Waals surface area contributed by atoms with Crippen molar-refractivity contribution in [3.05, 3.63) is 57.9 Å². The van der Waals surface area contributed by atoms with Gasteiger partial charge in [0.1, 0.15) is 11.9 Å². The first-order chi connectivity index (χ1) is 9.99. The summed E-state index contributed by atoms with van der Waals surface area (Å²) in [5, 5.41) is 10.4. The van der Waals surface area contributed by atoms with Crippen molar-refractivity contribution in [2.45, 2.75) is 13.0 Å². The summed E-state index contributed by atoms with van der Waals surface area (Å²) < 4.78 is 24.0. The van der Waals surface area contributed by atoms with Gasteiger partial charge in [0, 0.05) is 5.56 Å². The average molecular weight is 311 g/mol. The summed E-state index contributed by atoms with van der Waals surface area (Å²) in [7, 11) is 3.05. The third-order valence-electron chi connectivity index (χ3n) is 3.34. The fourth-order valence-electron chi connectivity index (χ4n) is 2.19. The number of halogens is 2. The van der Waals surface area contributed by atoms with Crippen molar-refractivity contribution in [1.82, 2.24) is 0 Å². The van der Waals surface area contributed by atoms with E-state index in [4.69, 9.17) is 21.1 Å². The Morgan fingerprint density at radius 2 is 1.71 bits per heavy atom. The molecule has 0 radical (unpaired) electrons. The largest absolute Gasteiger partial charge is 0.493 e. The van der Waals surface area contributed by atoms with Crippen molar-refractivity contribution in [3.8, 4) is 11.5 Å². The zero-order chi connectivity index (χ0) is 15.6. The number of rotatable bonds is 4. The summed E-state index contributed by atoms with van der Waals surface area (Å²) in [6.07, 6.45) is -1.05. The molecule has 3 nitrogen and oxygen atoms in total. The summed E-state index contributed by atoms with van der Waals surface area (Å²) in [6.45, 7) is 1.83. The fourth-order valence-corrected chi connectivity index (χ4v) is 2.42. The van der Waals surface area contributed by atoms with Gasteiger partial charge in [0.2, 0.25) is 0 Å². The van der Waals surface area contributed by atoms with Crippen LogP contribution in [0.2, 0.25) is 5.02 Å². The van der Waals surface area contributed by atoms with Crippen LogP contribution in [0.4, 0.5) is 4.39 Å². The highest BCUT2D eigenvalue weighted by Gasteiger charge is 2.20. The molecule has 112 valence electrons. The summed E-state index contributed by atoms with van der Waals surface area (Å²) >= 11 is 5.93. The number of ether oxygens (including phenoxy) is 2. The molecule has 0 aliphatic rings. The van der Waals surface area contributed by atoms with Gasteiger partial charge < -0.3 is 14.6 Å². The maximum absolute atomic E-state index is 13.5. The molecule has 5 heteroatoms. The van der Waals surface area contributed by atoms with Crippen LogP contribution in [-0.2, 0) is 0 Å². The predicted octanol–water partition coefficient (Wildman–Crippen LogP) is 3.89. The first-order valence-electron chi connectivity index (χ1n) is 6.34. The minimum Gasteiger partial charge on any atom is -0.493 e. The highest BCUT2D eigenvalue weighted by atomic mass is 35.5. The quantitative estimate of drug-likeness (QED) is 0.931. The van der Waals surface area contributed by atoms with Crippen molar-refractivity contribution >= 4 is 11.6 Å². The van der Waals surface area contributed by atoms with Gasteiger partial charge in [0.25, 0.3) is 0 Å². The van der Waals surface area contributed by atoms with E-state index in [1.54, 1.807) is 18.2 Å². The molecule has 2 aromatic rings. The second-order valence-corrected chi connectivity index (χ2v) is 4.99. The second kappa shape index (κ2) is 6.33. The molecule has 0 bridgehead atoms. The van der Waals surface area contributed by atoms with Crippen molar-refractivity contribution in [2.75, 3.05) is 14.2 Å². The second-order valence-electron chi connectivity index (χ2n) is 4.61. The lowest BCUT2D eigenvalue weighted by molar-refractivity contribution is 0.218. The minimum absolute atomic E-state index is 0.0841. The van der Waals surface area contributed by atoms with E-state index in [9.17, 15) is 9.50 Å². The molecule has 0 saturated carbocycles. The average Bonchev–Trinajstić information content (AvgIpc) is 2.49. The fraction of sp³-hybridized carbons (Fsp3) is 0.250. The van der Waals surface area contributed by atoms with Crippen LogP contribution in [0.3, 0.4) is 0 Å². The minimum atomic E-state index is -1.05. The molecule has 0 aliphatic carbocycles. The van der Waals surface area contributed by atoms with Gasteiger partial charge in [0.05, 0.1) is 19.2 Å². The van der Waals surface area contributed by atoms with Crippen LogP contribution in [0.5, 0.6) is 11.5 Å². The third-order valence-corrected chi connectivity index (χ3v) is 3.74. The van der Waals surface area contributed by atoms with Crippen LogP contribution in [0, 0.1) is 12.7 Å². The van der Waals surface area contributed by atoms with Gasteiger partial charge >= 0.3 is 0 Å². The number of aryl methyl sites for hydroxylation is 1. The summed E-state index contributed by atoms with van der Waals surface area (Å²) in [4.78, 5) is 0. The Morgan fingerprint density at radius 3 is 2.33 bits per heavy atom. The molecule has 0 fully saturated rings. The first kappa shape index (κ1) is 15.6. The molecule has 0 amide bonds. The Bertz CT molecular complexity index is 658. The SMILES string of the molecule is COc1cc(C)c(C(O)c2cccc(F)c2Cl)cc1OC. The van der Waals surface area contributed by atoms with E-state index < -0.39 is 11.9 Å². The molecular formula is C16H16ClFO3. The van der Waals surface area contributed by atoms with Gasteiger partial charge in [0.15, 0.2) is 11.5 Å². The standard InChI is InChI=1S/C16H16ClFO3/c1-9-7-13(20-2)14(21-3)8-11(9)16(19)10-5-4-6-12(18)15(10)17/h4-8,16,19H,1-3H3. The molecule has 0 aromatic heterocycles. The maximum atomic E-state index is 13.5. The Balaban J connectivity index is 2.53. The number of aliphatic hydroxyl groups is 1. The van der Waals surface area contributed by atoms with Gasteiger partial charge in [-0.2, -0.15) is 0 Å². The van der Waals surface area contributed by atoms with Crippen molar-refractivity contribution in [3.63, 3.8) is 0 Å². The monoisotopic (exact) mass is 310 g/mol. The highest BCUT2D eigenvalue weighted by Crippen LogP contribution is 2.37. The Hall–Kier alpha value is -1.78. The number of hydrogen-bond acceptors (Lipinski definition) is 3. The lowest BCUT2D eigenvalue weighted by atomic mass is 9.96. The van der Waals surface area contributed by atoms with Crippen molar-refractivity contribution < 1.29 is 19.0 Å². The van der Waals surface area contributed by atoms with Crippen LogP contribution in [0.1, 0.15) is 22.8 Å². The summed E-state index contributed by atoms with van der Waals surface area (Å²) in [5.74, 6) is 0.493. The molecule has 21 heavy (non-hydrogen) atoms. The van der Waals surface area contributed by atoms with Crippen molar-refractivity contribution in [2.24, 2.45) is 0 Å². The normalized spacial score (nSPS) is 12.1. The lowest BCUT2D eigenvalue weighted by Crippen LogP contribution is -2.05. The molecule has 0 spiro atoms. The molecule has 1 atom stereocenters. The van der Waals surface area contributed by atoms with Gasteiger partial charge in [-0.3, -0.25) is 0 Å². The summed E-state index contributed by atoms with van der Waals surface area (Å²) in [6, 6.07) is 7.77. The summed E-state index contributed by atoms with van der Waals surface area (Å²) in [5.41, 5.74) is 1.69. The van der Waals surface area contributed by atoms with E-state index in [1.807, 2.05) is 6.92 Å². The number of benzene rings is 2. The van der Waals surface area contributed by atoms with Crippen LogP contribution >= 0.6 is 11.6 Å². The maximum Gasteiger partial charge on any atom is 0.161 e.